The number of benzene rings is 2. The predicted molar refractivity (Wildman–Crippen MR) is 91.4 cm³/mol. The third-order valence-corrected chi connectivity index (χ3v) is 5.22. The van der Waals surface area contributed by atoms with Crippen LogP contribution in [0.5, 0.6) is 0 Å². The number of thiazole rings is 1. The molecule has 1 heterocycles. The van der Waals surface area contributed by atoms with Gasteiger partial charge in [-0.1, -0.05) is 24.3 Å². The molecule has 116 valence electrons. The molecule has 0 amide bonds. The zero-order valence-electron chi connectivity index (χ0n) is 11.9. The number of halogens is 1. The van der Waals surface area contributed by atoms with Crippen molar-refractivity contribution in [2.24, 2.45) is 0 Å². The Morgan fingerprint density at radius 3 is 2.65 bits per heavy atom. The highest BCUT2D eigenvalue weighted by Gasteiger charge is 2.10. The maximum Gasteiger partial charge on any atom is 0.131 e. The lowest BCUT2D eigenvalue weighted by Crippen LogP contribution is -2.24. The number of hydrogen-bond acceptors (Lipinski definition) is 5. The van der Waals surface area contributed by atoms with Gasteiger partial charge in [0, 0.05) is 10.7 Å². The van der Waals surface area contributed by atoms with Gasteiger partial charge in [0.2, 0.25) is 0 Å². The standard InChI is InChI=1S/C17H12FNO2S2/c18-12-7-5-11(6-8-12)9-15(22-10-16(20)21)17-19-13-3-1-2-4-14(13)23-17/h1-9H,10H2,(H,20,21)/p-1/b15-9-. The highest BCUT2D eigenvalue weighted by molar-refractivity contribution is 8.09. The minimum Gasteiger partial charge on any atom is -0.549 e. The first-order valence-electron chi connectivity index (χ1n) is 6.78. The summed E-state index contributed by atoms with van der Waals surface area (Å²) in [7, 11) is 0. The van der Waals surface area contributed by atoms with Crippen molar-refractivity contribution in [3.8, 4) is 0 Å². The molecular formula is C17H11FNO2S2-. The second-order valence-corrected chi connectivity index (χ2v) is 6.76. The number of hydrogen-bond donors (Lipinski definition) is 0. The molecule has 2 aromatic carbocycles. The van der Waals surface area contributed by atoms with E-state index >= 15 is 0 Å². The van der Waals surface area contributed by atoms with E-state index in [1.807, 2.05) is 30.3 Å². The Hall–Kier alpha value is -2.18. The van der Waals surface area contributed by atoms with Crippen LogP contribution in [0.4, 0.5) is 4.39 Å². The number of aromatic nitrogens is 1. The summed E-state index contributed by atoms with van der Waals surface area (Å²) in [6.45, 7) is 0. The molecule has 0 unspecified atom stereocenters. The zero-order chi connectivity index (χ0) is 16.2. The summed E-state index contributed by atoms with van der Waals surface area (Å²) in [6, 6.07) is 13.7. The number of carbonyl (C=O) groups excluding carboxylic acids is 1. The molecule has 0 fully saturated rings. The Morgan fingerprint density at radius 1 is 1.22 bits per heavy atom. The summed E-state index contributed by atoms with van der Waals surface area (Å²) < 4.78 is 14.0. The molecule has 6 heteroatoms. The number of carbonyl (C=O) groups is 1. The van der Waals surface area contributed by atoms with Crippen LogP contribution >= 0.6 is 23.1 Å². The SMILES string of the molecule is O=C([O-])CS/C(=C\c1ccc(F)cc1)c1nc2ccccc2s1. The summed E-state index contributed by atoms with van der Waals surface area (Å²) in [5, 5.41) is 11.5. The molecule has 0 aliphatic heterocycles. The van der Waals surface area contributed by atoms with Crippen LogP contribution < -0.4 is 5.11 Å². The smallest absolute Gasteiger partial charge is 0.131 e. The van der Waals surface area contributed by atoms with Crippen molar-refractivity contribution in [1.82, 2.24) is 4.98 Å². The fourth-order valence-electron chi connectivity index (χ4n) is 1.99. The highest BCUT2D eigenvalue weighted by atomic mass is 32.2. The first-order valence-corrected chi connectivity index (χ1v) is 8.58. The number of carboxylic acid groups (broad SMARTS) is 1. The van der Waals surface area contributed by atoms with E-state index < -0.39 is 5.97 Å². The monoisotopic (exact) mass is 344 g/mol. The van der Waals surface area contributed by atoms with Gasteiger partial charge in [0.25, 0.3) is 0 Å². The van der Waals surface area contributed by atoms with Gasteiger partial charge >= 0.3 is 0 Å². The Balaban J connectivity index is 2.00. The van der Waals surface area contributed by atoms with Gasteiger partial charge in [-0.2, -0.15) is 0 Å². The van der Waals surface area contributed by atoms with Crippen LogP contribution in [-0.2, 0) is 4.79 Å². The maximum absolute atomic E-state index is 13.0. The molecule has 3 rings (SSSR count). The Labute approximate surface area is 140 Å². The van der Waals surface area contributed by atoms with Gasteiger partial charge in [-0.25, -0.2) is 9.37 Å². The molecule has 1 aromatic heterocycles. The second-order valence-electron chi connectivity index (χ2n) is 4.71. The number of para-hydroxylation sites is 1. The van der Waals surface area contributed by atoms with Crippen molar-refractivity contribution < 1.29 is 14.3 Å². The number of nitrogens with zero attached hydrogens (tertiary/aromatic N) is 1. The minimum absolute atomic E-state index is 0.164. The molecule has 3 aromatic rings. The van der Waals surface area contributed by atoms with Gasteiger partial charge in [0.15, 0.2) is 0 Å². The minimum atomic E-state index is -1.14. The molecule has 0 saturated carbocycles. The second kappa shape index (κ2) is 6.93. The molecule has 0 saturated heterocycles. The van der Waals surface area contributed by atoms with Gasteiger partial charge in [0.1, 0.15) is 10.8 Å². The summed E-state index contributed by atoms with van der Waals surface area (Å²) in [5.41, 5.74) is 1.65. The van der Waals surface area contributed by atoms with Crippen molar-refractivity contribution in [2.45, 2.75) is 0 Å². The highest BCUT2D eigenvalue weighted by Crippen LogP contribution is 2.35. The number of aliphatic carboxylic acids is 1. The third kappa shape index (κ3) is 3.97. The molecule has 3 nitrogen and oxygen atoms in total. The van der Waals surface area contributed by atoms with Crippen LogP contribution in [0, 0.1) is 5.82 Å². The van der Waals surface area contributed by atoms with Crippen LogP contribution in [0.25, 0.3) is 21.2 Å². The third-order valence-electron chi connectivity index (χ3n) is 3.02. The van der Waals surface area contributed by atoms with Gasteiger partial charge in [-0.15, -0.1) is 23.1 Å². The van der Waals surface area contributed by atoms with E-state index in [1.54, 1.807) is 12.1 Å². The van der Waals surface area contributed by atoms with E-state index in [0.717, 1.165) is 37.5 Å². The summed E-state index contributed by atoms with van der Waals surface area (Å²) in [6.07, 6.45) is 1.81. The molecule has 0 bridgehead atoms. The Bertz CT molecular complexity index is 839. The molecule has 23 heavy (non-hydrogen) atoms. The summed E-state index contributed by atoms with van der Waals surface area (Å²) in [5.74, 6) is -1.62. The largest absolute Gasteiger partial charge is 0.549 e. The lowest BCUT2D eigenvalue weighted by Gasteiger charge is -2.05. The molecule has 0 aliphatic rings. The van der Waals surface area contributed by atoms with Crippen LogP contribution in [0.2, 0.25) is 0 Å². The van der Waals surface area contributed by atoms with E-state index in [-0.39, 0.29) is 11.6 Å². The zero-order valence-corrected chi connectivity index (χ0v) is 13.5. The molecule has 0 radical (unpaired) electrons. The topological polar surface area (TPSA) is 53.0 Å². The van der Waals surface area contributed by atoms with E-state index in [4.69, 9.17) is 0 Å². The lowest BCUT2D eigenvalue weighted by atomic mass is 10.2. The van der Waals surface area contributed by atoms with Gasteiger partial charge in [-0.3, -0.25) is 0 Å². The van der Waals surface area contributed by atoms with Crippen molar-refractivity contribution in [3.63, 3.8) is 0 Å². The summed E-state index contributed by atoms with van der Waals surface area (Å²) in [4.78, 5) is 16.0. The molecule has 0 spiro atoms. The van der Waals surface area contributed by atoms with Crippen molar-refractivity contribution in [2.75, 3.05) is 5.75 Å². The maximum atomic E-state index is 13.0. The van der Waals surface area contributed by atoms with Crippen molar-refractivity contribution >= 4 is 50.3 Å². The number of rotatable bonds is 5. The normalized spacial score (nSPS) is 11.8. The number of fused-ring (bicyclic) bond motifs is 1. The van der Waals surface area contributed by atoms with E-state index in [1.165, 1.54) is 23.5 Å². The fraction of sp³-hybridized carbons (Fsp3) is 0.0588. The van der Waals surface area contributed by atoms with E-state index in [9.17, 15) is 14.3 Å². The van der Waals surface area contributed by atoms with E-state index in [2.05, 4.69) is 4.98 Å². The van der Waals surface area contributed by atoms with Crippen molar-refractivity contribution in [3.05, 3.63) is 64.9 Å². The first-order chi connectivity index (χ1) is 11.1. The van der Waals surface area contributed by atoms with Gasteiger partial charge in [0.05, 0.1) is 16.2 Å². The van der Waals surface area contributed by atoms with Crippen LogP contribution in [-0.4, -0.2) is 16.7 Å². The fourth-order valence-corrected chi connectivity index (χ4v) is 3.83. The average molecular weight is 344 g/mol. The van der Waals surface area contributed by atoms with Crippen LogP contribution in [0.3, 0.4) is 0 Å². The van der Waals surface area contributed by atoms with Gasteiger partial charge < -0.3 is 9.90 Å². The quantitative estimate of drug-likeness (QED) is 0.712. The number of carboxylic acids is 1. The van der Waals surface area contributed by atoms with Gasteiger partial charge in [-0.05, 0) is 35.9 Å². The Kier molecular flexibility index (Phi) is 4.73. The molecule has 0 N–H and O–H groups in total. The average Bonchev–Trinajstić information content (AvgIpc) is 2.97. The predicted octanol–water partition coefficient (Wildman–Crippen LogP) is 3.42. The Morgan fingerprint density at radius 2 is 1.96 bits per heavy atom. The number of thioether (sulfide) groups is 1. The molecule has 0 aliphatic carbocycles. The molecule has 0 atom stereocenters. The summed E-state index contributed by atoms with van der Waals surface area (Å²) >= 11 is 2.64. The molecular weight excluding hydrogens is 333 g/mol. The van der Waals surface area contributed by atoms with Crippen LogP contribution in [0.1, 0.15) is 10.6 Å². The lowest BCUT2D eigenvalue weighted by molar-refractivity contribution is -0.301. The van der Waals surface area contributed by atoms with Crippen molar-refractivity contribution in [1.29, 1.82) is 0 Å². The van der Waals surface area contributed by atoms with Crippen LogP contribution in [0.15, 0.2) is 48.5 Å². The first kappa shape index (κ1) is 15.7. The van der Waals surface area contributed by atoms with E-state index in [0.29, 0.717) is 0 Å².